The maximum absolute atomic E-state index is 12.7. The Labute approximate surface area is 129 Å². The number of carbonyl (C=O) groups is 2. The van der Waals surface area contributed by atoms with E-state index < -0.39 is 0 Å². The van der Waals surface area contributed by atoms with Crippen molar-refractivity contribution in [2.45, 2.75) is 31.8 Å². The van der Waals surface area contributed by atoms with Crippen molar-refractivity contribution >= 4 is 22.6 Å². The van der Waals surface area contributed by atoms with Crippen LogP contribution in [-0.4, -0.2) is 47.3 Å². The van der Waals surface area contributed by atoms with Gasteiger partial charge in [0, 0.05) is 28.7 Å². The number of nitrogens with zero attached hydrogens (tertiary/aromatic N) is 1. The molecule has 3 rings (SSSR count). The molecule has 0 unspecified atom stereocenters. The molecule has 1 atom stereocenters. The third kappa shape index (κ3) is 3.04. The molecule has 0 spiro atoms. The lowest BCUT2D eigenvalue weighted by molar-refractivity contribution is -0.122. The Kier molecular flexibility index (Phi) is 3.98. The molecule has 22 heavy (non-hydrogen) atoms. The minimum Gasteiger partial charge on any atom is -0.360 e. The predicted octanol–water partition coefficient (Wildman–Crippen LogP) is 1.95. The number of Topliss-reactive ketones (excluding diaryl/α,β-unsaturated/α-hetero) is 1. The summed E-state index contributed by atoms with van der Waals surface area (Å²) in [7, 11) is 1.81. The van der Waals surface area contributed by atoms with Crippen molar-refractivity contribution in [2.24, 2.45) is 0 Å². The molecule has 1 fully saturated rings. The summed E-state index contributed by atoms with van der Waals surface area (Å²) in [6.45, 7) is 2.08. The summed E-state index contributed by atoms with van der Waals surface area (Å²) in [5.74, 6) is 0.0164. The van der Waals surface area contributed by atoms with E-state index in [-0.39, 0.29) is 24.3 Å². The standard InChI is InChI=1S/C17H21N3O2/c1-11(20(2)10-16(21)19-12-7-8-12)17(22)14-9-18-15-6-4-3-5-13(14)15/h3-6,9,11-12,18H,7-8,10H2,1-2H3,(H,19,21)/t11-/m0/s1. The second-order valence-corrected chi connectivity index (χ2v) is 6.05. The quantitative estimate of drug-likeness (QED) is 0.801. The topological polar surface area (TPSA) is 65.2 Å². The largest absolute Gasteiger partial charge is 0.360 e. The van der Waals surface area contributed by atoms with Crippen LogP contribution >= 0.6 is 0 Å². The Balaban J connectivity index is 1.69. The molecular formula is C17H21N3O2. The first-order valence-electron chi connectivity index (χ1n) is 7.66. The molecule has 1 amide bonds. The highest BCUT2D eigenvalue weighted by Gasteiger charge is 2.26. The van der Waals surface area contributed by atoms with Crippen LogP contribution in [0.1, 0.15) is 30.1 Å². The van der Waals surface area contributed by atoms with E-state index in [1.807, 2.05) is 38.2 Å². The molecule has 116 valence electrons. The van der Waals surface area contributed by atoms with Crippen molar-refractivity contribution < 1.29 is 9.59 Å². The minimum absolute atomic E-state index is 0.0106. The normalized spacial score (nSPS) is 16.0. The van der Waals surface area contributed by atoms with Gasteiger partial charge in [0.1, 0.15) is 0 Å². The van der Waals surface area contributed by atoms with Crippen molar-refractivity contribution in [2.75, 3.05) is 13.6 Å². The average Bonchev–Trinajstić information content (AvgIpc) is 3.21. The van der Waals surface area contributed by atoms with E-state index in [9.17, 15) is 9.59 Å². The van der Waals surface area contributed by atoms with Crippen molar-refractivity contribution in [3.05, 3.63) is 36.0 Å². The molecule has 1 aromatic carbocycles. The number of aromatic nitrogens is 1. The first kappa shape index (κ1) is 14.8. The molecule has 0 aliphatic heterocycles. The number of hydrogen-bond donors (Lipinski definition) is 2. The number of carbonyl (C=O) groups excluding carboxylic acids is 2. The van der Waals surface area contributed by atoms with E-state index in [2.05, 4.69) is 10.3 Å². The number of nitrogens with one attached hydrogen (secondary N) is 2. The van der Waals surface area contributed by atoms with Crippen LogP contribution in [0.3, 0.4) is 0 Å². The fourth-order valence-electron chi connectivity index (χ4n) is 2.57. The molecule has 1 heterocycles. The average molecular weight is 299 g/mol. The number of para-hydroxylation sites is 1. The monoisotopic (exact) mass is 299 g/mol. The Morgan fingerprint density at radius 2 is 2.09 bits per heavy atom. The molecule has 0 saturated heterocycles. The third-order valence-electron chi connectivity index (χ3n) is 4.23. The van der Waals surface area contributed by atoms with E-state index in [0.29, 0.717) is 11.6 Å². The van der Waals surface area contributed by atoms with Crippen molar-refractivity contribution in [3.63, 3.8) is 0 Å². The third-order valence-corrected chi connectivity index (χ3v) is 4.23. The van der Waals surface area contributed by atoms with Gasteiger partial charge in [-0.3, -0.25) is 14.5 Å². The summed E-state index contributed by atoms with van der Waals surface area (Å²) in [4.78, 5) is 29.5. The summed E-state index contributed by atoms with van der Waals surface area (Å²) >= 11 is 0. The number of ketones is 1. The van der Waals surface area contributed by atoms with Gasteiger partial charge in [-0.1, -0.05) is 18.2 Å². The molecule has 1 aliphatic rings. The first-order valence-corrected chi connectivity index (χ1v) is 7.66. The second kappa shape index (κ2) is 5.93. The van der Waals surface area contributed by atoms with Gasteiger partial charge in [-0.25, -0.2) is 0 Å². The zero-order valence-electron chi connectivity index (χ0n) is 12.9. The van der Waals surface area contributed by atoms with Gasteiger partial charge in [0.2, 0.25) is 5.91 Å². The first-order chi connectivity index (χ1) is 10.6. The van der Waals surface area contributed by atoms with Gasteiger partial charge < -0.3 is 10.3 Å². The molecule has 0 radical (unpaired) electrons. The Morgan fingerprint density at radius 3 is 2.82 bits per heavy atom. The summed E-state index contributed by atoms with van der Waals surface area (Å²) in [6, 6.07) is 7.74. The molecule has 1 aromatic heterocycles. The van der Waals surface area contributed by atoms with Gasteiger partial charge in [-0.15, -0.1) is 0 Å². The summed E-state index contributed by atoms with van der Waals surface area (Å²) in [5.41, 5.74) is 1.63. The summed E-state index contributed by atoms with van der Waals surface area (Å²) in [6.07, 6.45) is 3.89. The maximum atomic E-state index is 12.7. The van der Waals surface area contributed by atoms with Crippen LogP contribution < -0.4 is 5.32 Å². The highest BCUT2D eigenvalue weighted by molar-refractivity contribution is 6.10. The smallest absolute Gasteiger partial charge is 0.234 e. The molecule has 2 N–H and O–H groups in total. The second-order valence-electron chi connectivity index (χ2n) is 6.05. The van der Waals surface area contributed by atoms with E-state index >= 15 is 0 Å². The fraction of sp³-hybridized carbons (Fsp3) is 0.412. The maximum Gasteiger partial charge on any atom is 0.234 e. The number of hydrogen-bond acceptors (Lipinski definition) is 3. The van der Waals surface area contributed by atoms with Crippen molar-refractivity contribution in [3.8, 4) is 0 Å². The van der Waals surface area contributed by atoms with Gasteiger partial charge in [0.25, 0.3) is 0 Å². The van der Waals surface area contributed by atoms with Crippen LogP contribution in [0.5, 0.6) is 0 Å². The zero-order chi connectivity index (χ0) is 15.7. The van der Waals surface area contributed by atoms with E-state index in [1.54, 1.807) is 11.1 Å². The zero-order valence-corrected chi connectivity index (χ0v) is 12.9. The number of rotatable bonds is 6. The number of amides is 1. The van der Waals surface area contributed by atoms with Crippen molar-refractivity contribution in [1.82, 2.24) is 15.2 Å². The fourth-order valence-corrected chi connectivity index (χ4v) is 2.57. The van der Waals surface area contributed by atoms with Gasteiger partial charge in [-0.05, 0) is 32.9 Å². The van der Waals surface area contributed by atoms with Crippen LogP contribution in [0.2, 0.25) is 0 Å². The SMILES string of the molecule is C[C@@H](C(=O)c1c[nH]c2ccccc12)N(C)CC(=O)NC1CC1. The van der Waals surface area contributed by atoms with E-state index in [0.717, 1.165) is 23.7 Å². The summed E-state index contributed by atoms with van der Waals surface area (Å²) < 4.78 is 0. The number of fused-ring (bicyclic) bond motifs is 1. The number of benzene rings is 1. The van der Waals surface area contributed by atoms with Gasteiger partial charge in [0.15, 0.2) is 5.78 Å². The predicted molar refractivity (Wildman–Crippen MR) is 85.9 cm³/mol. The number of H-pyrrole nitrogens is 1. The molecule has 5 heteroatoms. The Hall–Kier alpha value is -2.14. The number of likely N-dealkylation sites (N-methyl/N-ethyl adjacent to an activating group) is 1. The molecule has 0 bridgehead atoms. The lowest BCUT2D eigenvalue weighted by Crippen LogP contribution is -2.43. The molecular weight excluding hydrogens is 278 g/mol. The number of aromatic amines is 1. The highest BCUT2D eigenvalue weighted by Crippen LogP contribution is 2.21. The van der Waals surface area contributed by atoms with Gasteiger partial charge in [0.05, 0.1) is 12.6 Å². The highest BCUT2D eigenvalue weighted by atomic mass is 16.2. The van der Waals surface area contributed by atoms with Crippen LogP contribution in [0.15, 0.2) is 30.5 Å². The molecule has 2 aromatic rings. The van der Waals surface area contributed by atoms with Gasteiger partial charge in [-0.2, -0.15) is 0 Å². The van der Waals surface area contributed by atoms with E-state index in [4.69, 9.17) is 0 Å². The van der Waals surface area contributed by atoms with Gasteiger partial charge >= 0.3 is 0 Å². The van der Waals surface area contributed by atoms with E-state index in [1.165, 1.54) is 0 Å². The van der Waals surface area contributed by atoms with Crippen molar-refractivity contribution in [1.29, 1.82) is 0 Å². The lowest BCUT2D eigenvalue weighted by atomic mass is 10.0. The molecule has 1 aliphatic carbocycles. The summed E-state index contributed by atoms with van der Waals surface area (Å²) in [5, 5.41) is 3.87. The molecule has 5 nitrogen and oxygen atoms in total. The van der Waals surface area contributed by atoms with Crippen LogP contribution in [0.4, 0.5) is 0 Å². The van der Waals surface area contributed by atoms with Crippen LogP contribution in [0, 0.1) is 0 Å². The van der Waals surface area contributed by atoms with Crippen LogP contribution in [0.25, 0.3) is 10.9 Å². The minimum atomic E-state index is -0.343. The van der Waals surface area contributed by atoms with Crippen LogP contribution in [-0.2, 0) is 4.79 Å². The Morgan fingerprint density at radius 1 is 1.36 bits per heavy atom. The lowest BCUT2D eigenvalue weighted by Gasteiger charge is -2.22. The Bertz CT molecular complexity index is 703. The molecule has 1 saturated carbocycles.